The van der Waals surface area contributed by atoms with Crippen LogP contribution in [0.25, 0.3) is 10.9 Å². The van der Waals surface area contributed by atoms with Gasteiger partial charge in [-0.3, -0.25) is 4.79 Å². The maximum absolute atomic E-state index is 12.3. The van der Waals surface area contributed by atoms with E-state index in [1.807, 2.05) is 18.4 Å². The Morgan fingerprint density at radius 1 is 1.26 bits per heavy atom. The molecular weight excluding hydrogens is 306 g/mol. The molecule has 0 amide bonds. The van der Waals surface area contributed by atoms with Crippen molar-refractivity contribution < 1.29 is 0 Å². The van der Waals surface area contributed by atoms with Crippen molar-refractivity contribution in [2.75, 3.05) is 24.2 Å². The molecule has 1 aromatic heterocycles. The van der Waals surface area contributed by atoms with Crippen molar-refractivity contribution in [1.29, 1.82) is 5.26 Å². The summed E-state index contributed by atoms with van der Waals surface area (Å²) in [7, 11) is 0. The van der Waals surface area contributed by atoms with Crippen LogP contribution in [0.5, 0.6) is 0 Å². The summed E-state index contributed by atoms with van der Waals surface area (Å²) in [6.07, 6.45) is 7.08. The second-order valence-electron chi connectivity index (χ2n) is 6.69. The molecule has 1 saturated carbocycles. The molecule has 0 unspecified atom stereocenters. The van der Waals surface area contributed by atoms with Crippen LogP contribution < -0.4 is 10.5 Å². The first kappa shape index (κ1) is 14.6. The van der Waals surface area contributed by atoms with Gasteiger partial charge in [-0.25, -0.2) is 0 Å². The molecule has 1 saturated heterocycles. The zero-order chi connectivity index (χ0) is 16.0. The van der Waals surface area contributed by atoms with Crippen molar-refractivity contribution >= 4 is 28.4 Å². The lowest BCUT2D eigenvalue weighted by molar-refractivity contribution is 0.385. The van der Waals surface area contributed by atoms with Gasteiger partial charge in [0.2, 0.25) is 0 Å². The van der Waals surface area contributed by atoms with Crippen LogP contribution in [0.4, 0.5) is 5.69 Å². The molecule has 118 valence electrons. The van der Waals surface area contributed by atoms with Crippen LogP contribution in [0.2, 0.25) is 0 Å². The number of rotatable bonds is 2. The van der Waals surface area contributed by atoms with Gasteiger partial charge >= 0.3 is 0 Å². The fraction of sp³-hybridized carbons (Fsp3) is 0.444. The van der Waals surface area contributed by atoms with Gasteiger partial charge in [-0.2, -0.15) is 5.26 Å². The van der Waals surface area contributed by atoms with Crippen LogP contribution in [0.1, 0.15) is 31.2 Å². The minimum Gasteiger partial charge on any atom is -0.370 e. The third kappa shape index (κ3) is 2.42. The van der Waals surface area contributed by atoms with Crippen LogP contribution in [-0.4, -0.2) is 24.3 Å². The third-order valence-electron chi connectivity index (χ3n) is 5.40. The number of piperidine rings is 1. The second kappa shape index (κ2) is 5.31. The molecule has 4 nitrogen and oxygen atoms in total. The van der Waals surface area contributed by atoms with Crippen molar-refractivity contribution in [2.24, 2.45) is 5.41 Å². The molecule has 23 heavy (non-hydrogen) atoms. The number of aromatic amines is 1. The summed E-state index contributed by atoms with van der Waals surface area (Å²) in [4.78, 5) is 18.6. The zero-order valence-corrected chi connectivity index (χ0v) is 14.0. The van der Waals surface area contributed by atoms with E-state index in [0.29, 0.717) is 5.41 Å². The number of fused-ring (bicyclic) bond motifs is 1. The standard InChI is InChI=1S/C18H19N3OS/c1-23-12-2-3-15-13(10-12)16(14(11-19)17(22)20-15)21-8-6-18(4-5-18)7-9-21/h2-3,10H,4-9H2,1H3,(H,20,22). The molecule has 1 aliphatic carbocycles. The topological polar surface area (TPSA) is 59.9 Å². The summed E-state index contributed by atoms with van der Waals surface area (Å²) < 4.78 is 0. The molecule has 2 fully saturated rings. The van der Waals surface area contributed by atoms with Crippen LogP contribution in [0.15, 0.2) is 27.9 Å². The number of hydrogen-bond donors (Lipinski definition) is 1. The quantitative estimate of drug-likeness (QED) is 0.859. The van der Waals surface area contributed by atoms with E-state index in [0.717, 1.165) is 34.6 Å². The van der Waals surface area contributed by atoms with E-state index >= 15 is 0 Å². The van der Waals surface area contributed by atoms with Gasteiger partial charge in [-0.05, 0) is 55.6 Å². The van der Waals surface area contributed by atoms with Crippen molar-refractivity contribution in [3.63, 3.8) is 0 Å². The number of pyridine rings is 1. The van der Waals surface area contributed by atoms with E-state index in [-0.39, 0.29) is 11.1 Å². The average molecular weight is 325 g/mol. The normalized spacial score (nSPS) is 19.0. The number of nitriles is 1. The van der Waals surface area contributed by atoms with Gasteiger partial charge in [0.05, 0.1) is 11.2 Å². The molecule has 5 heteroatoms. The zero-order valence-electron chi connectivity index (χ0n) is 13.2. The summed E-state index contributed by atoms with van der Waals surface area (Å²) in [6.45, 7) is 1.88. The first-order chi connectivity index (χ1) is 11.2. The van der Waals surface area contributed by atoms with E-state index in [1.165, 1.54) is 25.7 Å². The molecule has 0 radical (unpaired) electrons. The maximum atomic E-state index is 12.3. The number of aromatic nitrogens is 1. The smallest absolute Gasteiger partial charge is 0.268 e. The van der Waals surface area contributed by atoms with Crippen LogP contribution >= 0.6 is 11.8 Å². The van der Waals surface area contributed by atoms with Crippen LogP contribution in [-0.2, 0) is 0 Å². The van der Waals surface area contributed by atoms with E-state index in [9.17, 15) is 10.1 Å². The predicted octanol–water partition coefficient (Wildman–Crippen LogP) is 3.50. The highest BCUT2D eigenvalue weighted by Crippen LogP contribution is 2.54. The van der Waals surface area contributed by atoms with Gasteiger partial charge < -0.3 is 9.88 Å². The molecule has 1 aliphatic heterocycles. The highest BCUT2D eigenvalue weighted by atomic mass is 32.2. The number of hydrogen-bond acceptors (Lipinski definition) is 4. The Morgan fingerprint density at radius 3 is 2.61 bits per heavy atom. The SMILES string of the molecule is CSc1ccc2[nH]c(=O)c(C#N)c(N3CCC4(CC3)CC4)c2c1. The Kier molecular flexibility index (Phi) is 3.38. The Balaban J connectivity index is 1.88. The monoisotopic (exact) mass is 325 g/mol. The van der Waals surface area contributed by atoms with Crippen molar-refractivity contribution in [1.82, 2.24) is 4.98 Å². The predicted molar refractivity (Wildman–Crippen MR) is 94.2 cm³/mol. The Hall–Kier alpha value is -1.93. The summed E-state index contributed by atoms with van der Waals surface area (Å²) in [5.74, 6) is 0. The van der Waals surface area contributed by atoms with Gasteiger partial charge in [0.25, 0.3) is 5.56 Å². The molecule has 2 aliphatic rings. The Bertz CT molecular complexity index is 866. The first-order valence-electron chi connectivity index (χ1n) is 8.05. The summed E-state index contributed by atoms with van der Waals surface area (Å²) >= 11 is 1.67. The fourth-order valence-electron chi connectivity index (χ4n) is 3.70. The van der Waals surface area contributed by atoms with E-state index in [2.05, 4.69) is 22.0 Å². The van der Waals surface area contributed by atoms with Crippen LogP contribution in [0, 0.1) is 16.7 Å². The van der Waals surface area contributed by atoms with E-state index in [4.69, 9.17) is 0 Å². The third-order valence-corrected chi connectivity index (χ3v) is 6.13. The number of H-pyrrole nitrogens is 1. The number of anilines is 1. The summed E-state index contributed by atoms with van der Waals surface area (Å²) in [5.41, 5.74) is 2.19. The lowest BCUT2D eigenvalue weighted by atomic mass is 9.92. The molecule has 1 N–H and O–H groups in total. The Morgan fingerprint density at radius 2 is 2.00 bits per heavy atom. The van der Waals surface area contributed by atoms with Gasteiger partial charge in [0.1, 0.15) is 11.6 Å². The van der Waals surface area contributed by atoms with Crippen LogP contribution in [0.3, 0.4) is 0 Å². The molecule has 1 spiro atoms. The number of nitrogens with one attached hydrogen (secondary N) is 1. The Labute approximate surface area is 139 Å². The van der Waals surface area contributed by atoms with Gasteiger partial charge in [-0.1, -0.05) is 0 Å². The molecule has 2 heterocycles. The van der Waals surface area contributed by atoms with Crippen molar-refractivity contribution in [3.8, 4) is 6.07 Å². The maximum Gasteiger partial charge on any atom is 0.268 e. The van der Waals surface area contributed by atoms with Crippen molar-refractivity contribution in [3.05, 3.63) is 34.1 Å². The van der Waals surface area contributed by atoms with Gasteiger partial charge in [0.15, 0.2) is 0 Å². The van der Waals surface area contributed by atoms with Gasteiger partial charge in [0, 0.05) is 23.4 Å². The second-order valence-corrected chi connectivity index (χ2v) is 7.57. The number of thioether (sulfide) groups is 1. The van der Waals surface area contributed by atoms with Crippen molar-refractivity contribution in [2.45, 2.75) is 30.6 Å². The lowest BCUT2D eigenvalue weighted by Gasteiger charge is -2.34. The minimum atomic E-state index is -0.279. The fourth-order valence-corrected chi connectivity index (χ4v) is 4.14. The average Bonchev–Trinajstić information content (AvgIpc) is 3.33. The van der Waals surface area contributed by atoms with E-state index in [1.54, 1.807) is 11.8 Å². The highest BCUT2D eigenvalue weighted by Gasteiger charge is 2.44. The summed E-state index contributed by atoms with van der Waals surface area (Å²) in [6, 6.07) is 8.18. The van der Waals surface area contributed by atoms with E-state index < -0.39 is 0 Å². The lowest BCUT2D eigenvalue weighted by Crippen LogP contribution is -2.36. The summed E-state index contributed by atoms with van der Waals surface area (Å²) in [5, 5.41) is 10.5. The number of benzene rings is 1. The highest BCUT2D eigenvalue weighted by molar-refractivity contribution is 7.98. The molecule has 1 aromatic carbocycles. The molecule has 0 atom stereocenters. The first-order valence-corrected chi connectivity index (χ1v) is 9.27. The van der Waals surface area contributed by atoms with Gasteiger partial charge in [-0.15, -0.1) is 11.8 Å². The minimum absolute atomic E-state index is 0.252. The molecular formula is C18H19N3OS. The molecule has 2 aromatic rings. The largest absolute Gasteiger partial charge is 0.370 e. The molecule has 4 rings (SSSR count). The molecule has 0 bridgehead atoms. The number of nitrogens with zero attached hydrogens (tertiary/aromatic N) is 2.